The summed E-state index contributed by atoms with van der Waals surface area (Å²) in [6, 6.07) is -0.427. The molecule has 0 bridgehead atoms. The maximum absolute atomic E-state index is 11.8. The molecule has 0 spiro atoms. The first kappa shape index (κ1) is 14.5. The van der Waals surface area contributed by atoms with Crippen LogP contribution in [0.3, 0.4) is 0 Å². The Hall–Kier alpha value is -0.610. The number of piperidine rings is 1. The largest absolute Gasteiger partial charge is 0.353 e. The Kier molecular flexibility index (Phi) is 5.40. The Morgan fingerprint density at radius 2 is 1.88 bits per heavy atom. The first-order valence-electron chi connectivity index (χ1n) is 6.67. The van der Waals surface area contributed by atoms with Gasteiger partial charge < -0.3 is 16.0 Å². The molecule has 0 aromatic rings. The van der Waals surface area contributed by atoms with Crippen LogP contribution in [0.1, 0.15) is 40.0 Å². The quantitative estimate of drug-likeness (QED) is 0.771. The van der Waals surface area contributed by atoms with Crippen molar-refractivity contribution in [1.82, 2.24) is 10.2 Å². The van der Waals surface area contributed by atoms with Gasteiger partial charge in [0.25, 0.3) is 0 Å². The van der Waals surface area contributed by atoms with E-state index in [-0.39, 0.29) is 11.3 Å². The van der Waals surface area contributed by atoms with Crippen LogP contribution in [0.25, 0.3) is 0 Å². The molecule has 1 fully saturated rings. The van der Waals surface area contributed by atoms with Crippen LogP contribution in [-0.4, -0.2) is 43.0 Å². The third kappa shape index (κ3) is 5.04. The molecule has 1 rings (SSSR count). The van der Waals surface area contributed by atoms with Crippen LogP contribution < -0.4 is 11.1 Å². The van der Waals surface area contributed by atoms with Gasteiger partial charge in [0.1, 0.15) is 0 Å². The van der Waals surface area contributed by atoms with E-state index in [0.717, 1.165) is 6.54 Å². The standard InChI is InChI=1S/C13H27N3O/c1-13(2,3)11(14)12(17)15-7-10-16-8-5-4-6-9-16/h11H,4-10,14H2,1-3H3,(H,15,17)/t11-/m1/s1. The molecule has 0 aromatic carbocycles. The SMILES string of the molecule is CC(C)(C)[C@H](N)C(=O)NCCN1CCCCC1. The summed E-state index contributed by atoms with van der Waals surface area (Å²) in [5.41, 5.74) is 5.72. The molecule has 1 amide bonds. The zero-order valence-corrected chi connectivity index (χ0v) is 11.5. The van der Waals surface area contributed by atoms with Gasteiger partial charge in [-0.05, 0) is 31.3 Å². The fraction of sp³-hybridized carbons (Fsp3) is 0.923. The van der Waals surface area contributed by atoms with Crippen LogP contribution in [0.5, 0.6) is 0 Å². The molecular weight excluding hydrogens is 214 g/mol. The van der Waals surface area contributed by atoms with Gasteiger partial charge in [0.15, 0.2) is 0 Å². The molecule has 1 aliphatic heterocycles. The van der Waals surface area contributed by atoms with Crippen LogP contribution in [0.2, 0.25) is 0 Å². The third-order valence-corrected chi connectivity index (χ3v) is 3.39. The van der Waals surface area contributed by atoms with E-state index in [9.17, 15) is 4.79 Å². The minimum Gasteiger partial charge on any atom is -0.353 e. The van der Waals surface area contributed by atoms with Crippen molar-refractivity contribution in [3.63, 3.8) is 0 Å². The summed E-state index contributed by atoms with van der Waals surface area (Å²) < 4.78 is 0. The summed E-state index contributed by atoms with van der Waals surface area (Å²) in [5.74, 6) is -0.0329. The molecule has 0 unspecified atom stereocenters. The number of rotatable bonds is 4. The number of amides is 1. The zero-order valence-electron chi connectivity index (χ0n) is 11.5. The number of hydrogen-bond acceptors (Lipinski definition) is 3. The van der Waals surface area contributed by atoms with Gasteiger partial charge in [-0.2, -0.15) is 0 Å². The molecule has 0 radical (unpaired) electrons. The van der Waals surface area contributed by atoms with Gasteiger partial charge in [-0.1, -0.05) is 27.2 Å². The molecule has 1 atom stereocenters. The fourth-order valence-electron chi connectivity index (χ4n) is 2.02. The number of nitrogens with zero attached hydrogens (tertiary/aromatic N) is 1. The zero-order chi connectivity index (χ0) is 12.9. The molecule has 1 aliphatic rings. The number of nitrogens with two attached hydrogens (primary N) is 1. The first-order chi connectivity index (χ1) is 7.91. The highest BCUT2D eigenvalue weighted by Crippen LogP contribution is 2.17. The second-order valence-electron chi connectivity index (χ2n) is 6.04. The van der Waals surface area contributed by atoms with Gasteiger partial charge in [0.05, 0.1) is 6.04 Å². The Morgan fingerprint density at radius 3 is 2.41 bits per heavy atom. The first-order valence-corrected chi connectivity index (χ1v) is 6.67. The van der Waals surface area contributed by atoms with E-state index >= 15 is 0 Å². The summed E-state index contributed by atoms with van der Waals surface area (Å²) in [5, 5.41) is 2.93. The summed E-state index contributed by atoms with van der Waals surface area (Å²) >= 11 is 0. The normalized spacial score (nSPS) is 20.0. The van der Waals surface area contributed by atoms with Crippen molar-refractivity contribution in [2.75, 3.05) is 26.2 Å². The number of likely N-dealkylation sites (tertiary alicyclic amines) is 1. The monoisotopic (exact) mass is 241 g/mol. The topological polar surface area (TPSA) is 58.4 Å². The van der Waals surface area contributed by atoms with E-state index in [1.165, 1.54) is 32.4 Å². The highest BCUT2D eigenvalue weighted by Gasteiger charge is 2.27. The van der Waals surface area contributed by atoms with Gasteiger partial charge in [-0.25, -0.2) is 0 Å². The molecule has 1 heterocycles. The van der Waals surface area contributed by atoms with Crippen molar-refractivity contribution < 1.29 is 4.79 Å². The lowest BCUT2D eigenvalue weighted by Crippen LogP contribution is -2.50. The maximum atomic E-state index is 11.8. The highest BCUT2D eigenvalue weighted by molar-refractivity contribution is 5.82. The second-order valence-corrected chi connectivity index (χ2v) is 6.04. The number of nitrogens with one attached hydrogen (secondary N) is 1. The van der Waals surface area contributed by atoms with Crippen LogP contribution in [0.4, 0.5) is 0 Å². The number of hydrogen-bond donors (Lipinski definition) is 2. The molecule has 1 saturated heterocycles. The predicted molar refractivity (Wildman–Crippen MR) is 70.7 cm³/mol. The van der Waals surface area contributed by atoms with Gasteiger partial charge in [-0.3, -0.25) is 4.79 Å². The van der Waals surface area contributed by atoms with Crippen molar-refractivity contribution >= 4 is 5.91 Å². The number of carbonyl (C=O) groups excluding carboxylic acids is 1. The Bertz CT molecular complexity index is 242. The second kappa shape index (κ2) is 6.36. The van der Waals surface area contributed by atoms with Gasteiger partial charge in [0, 0.05) is 13.1 Å². The summed E-state index contributed by atoms with van der Waals surface area (Å²) in [4.78, 5) is 14.2. The Morgan fingerprint density at radius 1 is 1.29 bits per heavy atom. The van der Waals surface area contributed by atoms with E-state index < -0.39 is 6.04 Å². The molecule has 0 aliphatic carbocycles. The minimum atomic E-state index is -0.427. The Balaban J connectivity index is 2.19. The average Bonchev–Trinajstić information content (AvgIpc) is 2.28. The Labute approximate surface area is 105 Å². The summed E-state index contributed by atoms with van der Waals surface area (Å²) in [7, 11) is 0. The van der Waals surface area contributed by atoms with Crippen LogP contribution in [0.15, 0.2) is 0 Å². The molecule has 100 valence electrons. The molecule has 17 heavy (non-hydrogen) atoms. The third-order valence-electron chi connectivity index (χ3n) is 3.39. The predicted octanol–water partition coefficient (Wildman–Crippen LogP) is 0.962. The van der Waals surface area contributed by atoms with Crippen molar-refractivity contribution in [3.8, 4) is 0 Å². The van der Waals surface area contributed by atoms with Crippen LogP contribution >= 0.6 is 0 Å². The molecule has 0 saturated carbocycles. The molecule has 0 aromatic heterocycles. The van der Waals surface area contributed by atoms with Crippen molar-refractivity contribution in [3.05, 3.63) is 0 Å². The molecule has 4 heteroatoms. The molecule has 3 N–H and O–H groups in total. The summed E-state index contributed by atoms with van der Waals surface area (Å²) in [6.45, 7) is 9.96. The minimum absolute atomic E-state index is 0.0329. The van der Waals surface area contributed by atoms with Gasteiger partial charge >= 0.3 is 0 Å². The molecule has 4 nitrogen and oxygen atoms in total. The lowest BCUT2D eigenvalue weighted by Gasteiger charge is -2.28. The van der Waals surface area contributed by atoms with E-state index in [1.807, 2.05) is 20.8 Å². The lowest BCUT2D eigenvalue weighted by molar-refractivity contribution is -0.124. The maximum Gasteiger partial charge on any atom is 0.237 e. The fourth-order valence-corrected chi connectivity index (χ4v) is 2.02. The lowest BCUT2D eigenvalue weighted by atomic mass is 9.87. The summed E-state index contributed by atoms with van der Waals surface area (Å²) in [6.07, 6.45) is 3.92. The van der Waals surface area contributed by atoms with Crippen LogP contribution in [-0.2, 0) is 4.79 Å². The molecular formula is C13H27N3O. The van der Waals surface area contributed by atoms with E-state index in [4.69, 9.17) is 5.73 Å². The van der Waals surface area contributed by atoms with Crippen molar-refractivity contribution in [1.29, 1.82) is 0 Å². The smallest absolute Gasteiger partial charge is 0.237 e. The van der Waals surface area contributed by atoms with E-state index in [1.54, 1.807) is 0 Å². The van der Waals surface area contributed by atoms with Crippen molar-refractivity contribution in [2.45, 2.75) is 46.1 Å². The van der Waals surface area contributed by atoms with E-state index in [2.05, 4.69) is 10.2 Å². The van der Waals surface area contributed by atoms with E-state index in [0.29, 0.717) is 6.54 Å². The van der Waals surface area contributed by atoms with Gasteiger partial charge in [0.2, 0.25) is 5.91 Å². The number of carbonyl (C=O) groups is 1. The van der Waals surface area contributed by atoms with Crippen LogP contribution in [0, 0.1) is 5.41 Å². The van der Waals surface area contributed by atoms with Crippen molar-refractivity contribution in [2.24, 2.45) is 11.1 Å². The van der Waals surface area contributed by atoms with Gasteiger partial charge in [-0.15, -0.1) is 0 Å². The average molecular weight is 241 g/mol. The highest BCUT2D eigenvalue weighted by atomic mass is 16.2.